The van der Waals surface area contributed by atoms with Crippen molar-refractivity contribution < 1.29 is 29.6 Å². The molecule has 250 valence electrons. The molecule has 12 nitrogen and oxygen atoms in total. The molecule has 2 aromatic carbocycles. The number of aromatic nitrogens is 4. The van der Waals surface area contributed by atoms with Gasteiger partial charge in [0.05, 0.1) is 24.7 Å². The largest absolute Gasteiger partial charge is 0.444 e. The molecular weight excluding hydrogens is 600 g/mol. The summed E-state index contributed by atoms with van der Waals surface area (Å²) in [6, 6.07) is 20.6. The van der Waals surface area contributed by atoms with Crippen LogP contribution in [-0.2, 0) is 9.47 Å². The number of carbonyl (C=O) groups excluding carboxylic acids is 1. The predicted octanol–water partition coefficient (Wildman–Crippen LogP) is 3.87. The zero-order chi connectivity index (χ0) is 33.3. The Morgan fingerprint density at radius 3 is 2.30 bits per heavy atom. The molecular formula is C35H44N6O6. The molecule has 4 N–H and O–H groups in total. The zero-order valence-electron chi connectivity index (χ0n) is 27.2. The number of fused-ring (bicyclic) bond motifs is 1. The first-order chi connectivity index (χ1) is 22.5. The second-order valence-corrected chi connectivity index (χ2v) is 13.6. The van der Waals surface area contributed by atoms with Gasteiger partial charge in [0.1, 0.15) is 29.4 Å². The highest BCUT2D eigenvalue weighted by molar-refractivity contribution is 5.76. The van der Waals surface area contributed by atoms with Crippen molar-refractivity contribution in [3.8, 4) is 0 Å². The predicted molar refractivity (Wildman–Crippen MR) is 176 cm³/mol. The average molecular weight is 645 g/mol. The van der Waals surface area contributed by atoms with Gasteiger partial charge in [-0.3, -0.25) is 4.57 Å². The number of aliphatic hydroxyl groups excluding tert-OH is 3. The number of hydrogen-bond acceptors (Lipinski definition) is 10. The van der Waals surface area contributed by atoms with Crippen molar-refractivity contribution in [2.45, 2.75) is 88.6 Å². The van der Waals surface area contributed by atoms with Crippen LogP contribution >= 0.6 is 0 Å². The Bertz CT molecular complexity index is 1620. The molecule has 2 aromatic heterocycles. The molecule has 47 heavy (non-hydrogen) atoms. The van der Waals surface area contributed by atoms with Crippen molar-refractivity contribution in [3.63, 3.8) is 0 Å². The molecule has 6 atom stereocenters. The lowest BCUT2D eigenvalue weighted by atomic mass is 9.83. The molecule has 2 aliphatic heterocycles. The van der Waals surface area contributed by atoms with Crippen molar-refractivity contribution >= 4 is 23.2 Å². The van der Waals surface area contributed by atoms with Gasteiger partial charge in [0, 0.05) is 24.9 Å². The number of nitrogens with zero attached hydrogens (tertiary/aromatic N) is 5. The van der Waals surface area contributed by atoms with Gasteiger partial charge in [-0.15, -0.1) is 0 Å². The van der Waals surface area contributed by atoms with Crippen LogP contribution in [0.2, 0.25) is 0 Å². The van der Waals surface area contributed by atoms with Gasteiger partial charge >= 0.3 is 6.09 Å². The van der Waals surface area contributed by atoms with Gasteiger partial charge in [0.2, 0.25) is 5.95 Å². The topological polar surface area (TPSA) is 155 Å². The average Bonchev–Trinajstić information content (AvgIpc) is 3.77. The summed E-state index contributed by atoms with van der Waals surface area (Å²) in [4.78, 5) is 29.3. The highest BCUT2D eigenvalue weighted by atomic mass is 16.6. The molecule has 2 aliphatic rings. The molecule has 0 bridgehead atoms. The van der Waals surface area contributed by atoms with Crippen LogP contribution in [0.15, 0.2) is 67.0 Å². The minimum absolute atomic E-state index is 0.0727. The molecule has 0 spiro atoms. The number of ether oxygens (including phenoxy) is 2. The number of benzene rings is 2. The Morgan fingerprint density at radius 1 is 1.04 bits per heavy atom. The second kappa shape index (κ2) is 13.6. The first-order valence-electron chi connectivity index (χ1n) is 16.2. The van der Waals surface area contributed by atoms with E-state index in [4.69, 9.17) is 24.4 Å². The summed E-state index contributed by atoms with van der Waals surface area (Å²) >= 11 is 0. The Morgan fingerprint density at radius 2 is 1.70 bits per heavy atom. The molecule has 2 fully saturated rings. The lowest BCUT2D eigenvalue weighted by Crippen LogP contribution is -2.40. The Labute approximate surface area is 274 Å². The Kier molecular flexibility index (Phi) is 9.47. The van der Waals surface area contributed by atoms with E-state index in [0.717, 1.165) is 12.1 Å². The van der Waals surface area contributed by atoms with Crippen LogP contribution in [0, 0.1) is 0 Å². The van der Waals surface area contributed by atoms with E-state index in [-0.39, 0.29) is 17.9 Å². The molecule has 0 radical (unpaired) electrons. The summed E-state index contributed by atoms with van der Waals surface area (Å²) in [7, 11) is 0. The quantitative estimate of drug-likeness (QED) is 0.211. The Hall–Kier alpha value is -4.10. The number of aliphatic hydroxyl groups is 3. The van der Waals surface area contributed by atoms with Crippen LogP contribution in [0.5, 0.6) is 0 Å². The van der Waals surface area contributed by atoms with Gasteiger partial charge in [-0.2, -0.15) is 4.98 Å². The number of amides is 1. The summed E-state index contributed by atoms with van der Waals surface area (Å²) in [6.07, 6.45) is -2.00. The van der Waals surface area contributed by atoms with E-state index in [9.17, 15) is 20.1 Å². The van der Waals surface area contributed by atoms with Gasteiger partial charge in [0.15, 0.2) is 11.9 Å². The molecule has 1 unspecified atom stereocenters. The van der Waals surface area contributed by atoms with Gasteiger partial charge in [-0.05, 0) is 44.7 Å². The van der Waals surface area contributed by atoms with E-state index in [1.165, 1.54) is 11.1 Å². The number of hydrogen-bond donors (Lipinski definition) is 4. The highest BCUT2D eigenvalue weighted by Gasteiger charge is 2.44. The number of alkyl carbamates (subject to hydrolysis) is 1. The number of anilines is 1. The maximum absolute atomic E-state index is 12.5. The van der Waals surface area contributed by atoms with Crippen LogP contribution in [0.3, 0.4) is 0 Å². The van der Waals surface area contributed by atoms with Crippen LogP contribution in [0.1, 0.15) is 75.4 Å². The zero-order valence-corrected chi connectivity index (χ0v) is 27.2. The number of carbonyl (C=O) groups is 1. The van der Waals surface area contributed by atoms with E-state index in [1.807, 2.05) is 37.8 Å². The van der Waals surface area contributed by atoms with Crippen molar-refractivity contribution in [1.29, 1.82) is 0 Å². The lowest BCUT2D eigenvalue weighted by molar-refractivity contribution is -0.0511. The van der Waals surface area contributed by atoms with Gasteiger partial charge in [-0.1, -0.05) is 67.6 Å². The molecule has 0 saturated carbocycles. The third kappa shape index (κ3) is 7.10. The SMILES string of the molecule is CC(CC(c1ccccc1)c1ccccc1)c1nc(N2CC[C@@H](NC(=O)OC(C)(C)C)C2)nc2c1ncn2[C@@H]1O[C@H](CO)[C@@H](O)[C@H]1O. The van der Waals surface area contributed by atoms with Crippen molar-refractivity contribution in [2.24, 2.45) is 0 Å². The molecule has 12 heteroatoms. The summed E-state index contributed by atoms with van der Waals surface area (Å²) in [5.74, 6) is 0.492. The molecule has 4 heterocycles. The minimum atomic E-state index is -1.29. The highest BCUT2D eigenvalue weighted by Crippen LogP contribution is 2.38. The number of imidazole rings is 1. The van der Waals surface area contributed by atoms with E-state index in [0.29, 0.717) is 36.6 Å². The lowest BCUT2D eigenvalue weighted by Gasteiger charge is -2.24. The third-order valence-electron chi connectivity index (χ3n) is 8.88. The van der Waals surface area contributed by atoms with Crippen LogP contribution in [-0.4, -0.2) is 90.6 Å². The normalized spacial score (nSPS) is 23.8. The van der Waals surface area contributed by atoms with E-state index >= 15 is 0 Å². The summed E-state index contributed by atoms with van der Waals surface area (Å²) < 4.78 is 13.0. The van der Waals surface area contributed by atoms with Crippen molar-refractivity contribution in [1.82, 2.24) is 24.8 Å². The van der Waals surface area contributed by atoms with E-state index < -0.39 is 42.8 Å². The third-order valence-corrected chi connectivity index (χ3v) is 8.88. The molecule has 6 rings (SSSR count). The fraction of sp³-hybridized carbons (Fsp3) is 0.486. The van der Waals surface area contributed by atoms with Crippen LogP contribution in [0.25, 0.3) is 11.2 Å². The fourth-order valence-electron chi connectivity index (χ4n) is 6.54. The first kappa shape index (κ1) is 32.8. The van der Waals surface area contributed by atoms with Gasteiger partial charge in [-0.25, -0.2) is 14.8 Å². The minimum Gasteiger partial charge on any atom is -0.444 e. The van der Waals surface area contributed by atoms with Gasteiger partial charge in [0.25, 0.3) is 0 Å². The summed E-state index contributed by atoms with van der Waals surface area (Å²) in [6.45, 7) is 8.27. The summed E-state index contributed by atoms with van der Waals surface area (Å²) in [5, 5.41) is 34.1. The van der Waals surface area contributed by atoms with Crippen LogP contribution < -0.4 is 10.2 Å². The first-order valence-corrected chi connectivity index (χ1v) is 16.2. The van der Waals surface area contributed by atoms with Crippen LogP contribution in [0.4, 0.5) is 10.7 Å². The standard InChI is InChI=1S/C35H44N6O6/c1-21(17-25(22-11-7-5-8-12-22)23-13-9-6-10-14-23)27-28-31(41(20-36-28)32-30(44)29(43)26(19-42)46-32)39-33(38-27)40-16-15-24(18-40)37-34(45)47-35(2,3)4/h5-14,20-21,24-26,29-30,32,42-44H,15-19H2,1-4H3,(H,37,45)/t21?,24-,26-,29-,30-,32-/m1/s1. The number of nitrogens with one attached hydrogen (secondary N) is 1. The second-order valence-electron chi connectivity index (χ2n) is 13.6. The molecule has 1 amide bonds. The van der Waals surface area contributed by atoms with Crippen molar-refractivity contribution in [3.05, 3.63) is 83.8 Å². The molecule has 2 saturated heterocycles. The molecule has 4 aromatic rings. The van der Waals surface area contributed by atoms with E-state index in [1.54, 1.807) is 10.9 Å². The van der Waals surface area contributed by atoms with E-state index in [2.05, 4.69) is 60.8 Å². The maximum Gasteiger partial charge on any atom is 0.407 e. The maximum atomic E-state index is 12.5. The number of rotatable bonds is 9. The monoisotopic (exact) mass is 644 g/mol. The Balaban J connectivity index is 1.36. The smallest absolute Gasteiger partial charge is 0.407 e. The van der Waals surface area contributed by atoms with Crippen molar-refractivity contribution in [2.75, 3.05) is 24.6 Å². The summed E-state index contributed by atoms with van der Waals surface area (Å²) in [5.41, 5.74) is 3.56. The molecule has 0 aliphatic carbocycles. The fourth-order valence-corrected chi connectivity index (χ4v) is 6.54. The van der Waals surface area contributed by atoms with Gasteiger partial charge < -0.3 is 35.0 Å².